The molecular weight excluding hydrogens is 399 g/mol. The minimum absolute atomic E-state index is 0.330. The molecular formula is C23H23FN4OS. The van der Waals surface area contributed by atoms with Crippen LogP contribution >= 0.6 is 11.8 Å². The predicted octanol–water partition coefficient (Wildman–Crippen LogP) is 5.18. The fourth-order valence-electron chi connectivity index (χ4n) is 4.32. The number of halogens is 1. The highest BCUT2D eigenvalue weighted by atomic mass is 32.2. The minimum atomic E-state index is -0.330. The zero-order valence-electron chi connectivity index (χ0n) is 16.8. The van der Waals surface area contributed by atoms with E-state index in [4.69, 9.17) is 9.84 Å². The Balaban J connectivity index is 1.51. The van der Waals surface area contributed by atoms with Gasteiger partial charge in [-0.3, -0.25) is 0 Å². The standard InChI is InChI=1S/C23H23FN4OS/c1-29-21-11-10-16(13-17(21)12-15-6-2-3-7-15)20-14-30-23-26-25-22(28(23)27-20)18-8-4-5-9-19(18)24/h4-5,8-11,13,15H,2-3,6-7,12,14H2,1H3. The molecule has 30 heavy (non-hydrogen) atoms. The SMILES string of the molecule is COc1ccc(C2=Nn3c(nnc3-c3ccccc3F)SC2)cc1CC1CCCC1. The number of rotatable bonds is 5. The molecule has 2 aromatic carbocycles. The van der Waals surface area contributed by atoms with E-state index in [0.29, 0.717) is 22.3 Å². The molecule has 0 spiro atoms. The monoisotopic (exact) mass is 422 g/mol. The fraction of sp³-hybridized carbons (Fsp3) is 0.348. The van der Waals surface area contributed by atoms with Crippen LogP contribution in [-0.4, -0.2) is 33.4 Å². The quantitative estimate of drug-likeness (QED) is 0.568. The number of benzene rings is 2. The van der Waals surface area contributed by atoms with Gasteiger partial charge in [-0.1, -0.05) is 49.6 Å². The Morgan fingerprint density at radius 2 is 1.97 bits per heavy atom. The number of methoxy groups -OCH3 is 1. The van der Waals surface area contributed by atoms with Crippen LogP contribution in [0.2, 0.25) is 0 Å². The summed E-state index contributed by atoms with van der Waals surface area (Å²) in [6, 6.07) is 12.9. The topological polar surface area (TPSA) is 52.3 Å². The van der Waals surface area contributed by atoms with Gasteiger partial charge in [-0.15, -0.1) is 10.2 Å². The van der Waals surface area contributed by atoms with Crippen molar-refractivity contribution in [1.29, 1.82) is 0 Å². The Bertz CT molecular complexity index is 1100. The van der Waals surface area contributed by atoms with Gasteiger partial charge < -0.3 is 4.74 Å². The normalized spacial score (nSPS) is 16.4. The summed E-state index contributed by atoms with van der Waals surface area (Å²) in [5, 5.41) is 13.9. The first-order chi connectivity index (χ1) is 14.7. The number of ether oxygens (including phenoxy) is 1. The lowest BCUT2D eigenvalue weighted by molar-refractivity contribution is 0.404. The molecule has 0 atom stereocenters. The first kappa shape index (κ1) is 19.3. The van der Waals surface area contributed by atoms with Crippen LogP contribution < -0.4 is 4.74 Å². The molecule has 0 N–H and O–H groups in total. The van der Waals surface area contributed by atoms with Gasteiger partial charge in [0.15, 0.2) is 5.82 Å². The van der Waals surface area contributed by atoms with Crippen LogP contribution in [0.5, 0.6) is 5.75 Å². The van der Waals surface area contributed by atoms with Gasteiger partial charge in [-0.05, 0) is 53.8 Å². The number of hydrogen-bond acceptors (Lipinski definition) is 5. The lowest BCUT2D eigenvalue weighted by Crippen LogP contribution is -2.14. The summed E-state index contributed by atoms with van der Waals surface area (Å²) < 4.78 is 21.6. The summed E-state index contributed by atoms with van der Waals surface area (Å²) in [6.07, 6.45) is 6.27. The summed E-state index contributed by atoms with van der Waals surface area (Å²) in [6.45, 7) is 0. The maximum absolute atomic E-state index is 14.3. The molecule has 5 nitrogen and oxygen atoms in total. The van der Waals surface area contributed by atoms with Crippen LogP contribution in [0.1, 0.15) is 36.8 Å². The molecule has 0 unspecified atom stereocenters. The molecule has 0 bridgehead atoms. The molecule has 154 valence electrons. The minimum Gasteiger partial charge on any atom is -0.496 e. The van der Waals surface area contributed by atoms with Gasteiger partial charge in [0.2, 0.25) is 5.16 Å². The summed E-state index contributed by atoms with van der Waals surface area (Å²) in [5.41, 5.74) is 3.63. The van der Waals surface area contributed by atoms with Gasteiger partial charge in [0, 0.05) is 5.75 Å². The smallest absolute Gasteiger partial charge is 0.212 e. The third-order valence-corrected chi connectivity index (χ3v) is 6.81. The van der Waals surface area contributed by atoms with E-state index in [2.05, 4.69) is 22.3 Å². The van der Waals surface area contributed by atoms with Crippen molar-refractivity contribution >= 4 is 17.5 Å². The van der Waals surface area contributed by atoms with E-state index in [9.17, 15) is 4.39 Å². The van der Waals surface area contributed by atoms with Crippen molar-refractivity contribution in [3.8, 4) is 17.1 Å². The van der Waals surface area contributed by atoms with Crippen molar-refractivity contribution in [3.05, 3.63) is 59.4 Å². The van der Waals surface area contributed by atoms with Crippen LogP contribution in [0.25, 0.3) is 11.4 Å². The van der Waals surface area contributed by atoms with E-state index in [0.717, 1.165) is 29.4 Å². The summed E-state index contributed by atoms with van der Waals surface area (Å²) in [4.78, 5) is 0. The Morgan fingerprint density at radius 3 is 2.77 bits per heavy atom. The van der Waals surface area contributed by atoms with Crippen molar-refractivity contribution in [3.63, 3.8) is 0 Å². The molecule has 7 heteroatoms. The summed E-state index contributed by atoms with van der Waals surface area (Å²) in [5.74, 6) is 2.46. The van der Waals surface area contributed by atoms with E-state index in [-0.39, 0.29) is 5.82 Å². The van der Waals surface area contributed by atoms with E-state index in [1.54, 1.807) is 41.7 Å². The lowest BCUT2D eigenvalue weighted by atomic mass is 9.95. The molecule has 0 radical (unpaired) electrons. The van der Waals surface area contributed by atoms with Crippen molar-refractivity contribution in [1.82, 2.24) is 14.9 Å². The highest BCUT2D eigenvalue weighted by Crippen LogP contribution is 2.33. The molecule has 1 aliphatic heterocycles. The molecule has 2 aliphatic rings. The number of fused-ring (bicyclic) bond motifs is 1. The molecule has 3 aromatic rings. The summed E-state index contributed by atoms with van der Waals surface area (Å²) in [7, 11) is 1.73. The largest absolute Gasteiger partial charge is 0.496 e. The second kappa shape index (κ2) is 8.22. The molecule has 1 fully saturated rings. The summed E-state index contributed by atoms with van der Waals surface area (Å²) >= 11 is 1.57. The molecule has 1 aromatic heterocycles. The first-order valence-electron chi connectivity index (χ1n) is 10.3. The Hall–Kier alpha value is -2.67. The molecule has 1 aliphatic carbocycles. The average Bonchev–Trinajstić information content (AvgIpc) is 3.43. The van der Waals surface area contributed by atoms with E-state index in [1.807, 2.05) is 6.07 Å². The van der Waals surface area contributed by atoms with Crippen LogP contribution in [0.3, 0.4) is 0 Å². The van der Waals surface area contributed by atoms with Gasteiger partial charge >= 0.3 is 0 Å². The zero-order valence-corrected chi connectivity index (χ0v) is 17.7. The highest BCUT2D eigenvalue weighted by molar-refractivity contribution is 7.99. The Kier molecular flexibility index (Phi) is 5.29. The van der Waals surface area contributed by atoms with Crippen LogP contribution in [0.4, 0.5) is 4.39 Å². The molecule has 2 heterocycles. The van der Waals surface area contributed by atoms with Crippen LogP contribution in [0, 0.1) is 11.7 Å². The molecule has 1 saturated carbocycles. The third-order valence-electron chi connectivity index (χ3n) is 5.88. The van der Waals surface area contributed by atoms with Gasteiger partial charge in [0.05, 0.1) is 18.4 Å². The van der Waals surface area contributed by atoms with Crippen molar-refractivity contribution in [2.75, 3.05) is 12.9 Å². The Labute approximate surface area is 179 Å². The predicted molar refractivity (Wildman–Crippen MR) is 117 cm³/mol. The second-order valence-electron chi connectivity index (χ2n) is 7.81. The molecule has 0 amide bonds. The van der Waals surface area contributed by atoms with Crippen molar-refractivity contribution in [2.45, 2.75) is 37.3 Å². The lowest BCUT2D eigenvalue weighted by Gasteiger charge is -2.17. The maximum atomic E-state index is 14.3. The van der Waals surface area contributed by atoms with Crippen molar-refractivity contribution < 1.29 is 9.13 Å². The number of nitrogens with zero attached hydrogens (tertiary/aromatic N) is 4. The van der Waals surface area contributed by atoms with Crippen LogP contribution in [0.15, 0.2) is 52.7 Å². The van der Waals surface area contributed by atoms with Crippen LogP contribution in [-0.2, 0) is 6.42 Å². The number of aromatic nitrogens is 3. The van der Waals surface area contributed by atoms with Gasteiger partial charge in [0.1, 0.15) is 11.6 Å². The second-order valence-corrected chi connectivity index (χ2v) is 8.76. The van der Waals surface area contributed by atoms with Gasteiger partial charge in [-0.2, -0.15) is 9.78 Å². The van der Waals surface area contributed by atoms with E-state index >= 15 is 0 Å². The Morgan fingerprint density at radius 1 is 1.13 bits per heavy atom. The number of thioether (sulfide) groups is 1. The van der Waals surface area contributed by atoms with E-state index in [1.165, 1.54) is 37.3 Å². The average molecular weight is 423 g/mol. The maximum Gasteiger partial charge on any atom is 0.212 e. The van der Waals surface area contributed by atoms with E-state index < -0.39 is 0 Å². The fourth-order valence-corrected chi connectivity index (χ4v) is 5.16. The molecule has 5 rings (SSSR count). The number of hydrogen-bond donors (Lipinski definition) is 0. The zero-order chi connectivity index (χ0) is 20.5. The highest BCUT2D eigenvalue weighted by Gasteiger charge is 2.23. The molecule has 0 saturated heterocycles. The van der Waals surface area contributed by atoms with Gasteiger partial charge in [0.25, 0.3) is 0 Å². The van der Waals surface area contributed by atoms with Gasteiger partial charge in [-0.25, -0.2) is 4.39 Å². The first-order valence-corrected chi connectivity index (χ1v) is 11.3. The third kappa shape index (κ3) is 3.62. The van der Waals surface area contributed by atoms with Crippen molar-refractivity contribution in [2.24, 2.45) is 11.0 Å².